The molecule has 6 heteroatoms. The topological polar surface area (TPSA) is 21.3 Å². The van der Waals surface area contributed by atoms with Crippen molar-refractivity contribution < 1.29 is 17.9 Å². The van der Waals surface area contributed by atoms with Gasteiger partial charge in [-0.25, -0.2) is 0 Å². The van der Waals surface area contributed by atoms with E-state index in [0.717, 1.165) is 24.9 Å². The van der Waals surface area contributed by atoms with E-state index in [-0.39, 0.29) is 5.75 Å². The zero-order valence-electron chi connectivity index (χ0n) is 9.98. The summed E-state index contributed by atoms with van der Waals surface area (Å²) in [6.07, 6.45) is -2.48. The average molecular weight is 326 g/mol. The molecular formula is C12H15BrF3NO. The molecule has 0 aromatic heterocycles. The maximum absolute atomic E-state index is 12.1. The van der Waals surface area contributed by atoms with Crippen LogP contribution in [0.5, 0.6) is 5.75 Å². The van der Waals surface area contributed by atoms with Crippen LogP contribution >= 0.6 is 15.9 Å². The van der Waals surface area contributed by atoms with E-state index < -0.39 is 6.36 Å². The lowest BCUT2D eigenvalue weighted by Crippen LogP contribution is -2.18. The molecule has 0 aliphatic heterocycles. The summed E-state index contributed by atoms with van der Waals surface area (Å²) in [6, 6.07) is 4.55. The van der Waals surface area contributed by atoms with Crippen molar-refractivity contribution in [1.29, 1.82) is 0 Å². The Labute approximate surface area is 113 Å². The highest BCUT2D eigenvalue weighted by atomic mass is 79.9. The highest BCUT2D eigenvalue weighted by Gasteiger charge is 2.31. The first-order valence-electron chi connectivity index (χ1n) is 5.67. The third kappa shape index (κ3) is 5.73. The van der Waals surface area contributed by atoms with E-state index in [1.807, 2.05) is 0 Å². The fourth-order valence-corrected chi connectivity index (χ4v) is 1.90. The highest BCUT2D eigenvalue weighted by molar-refractivity contribution is 9.10. The lowest BCUT2D eigenvalue weighted by molar-refractivity contribution is -0.274. The maximum atomic E-state index is 12.1. The largest absolute Gasteiger partial charge is 0.573 e. The fraction of sp³-hybridized carbons (Fsp3) is 0.500. The lowest BCUT2D eigenvalue weighted by Gasteiger charge is -2.11. The molecule has 18 heavy (non-hydrogen) atoms. The number of hydrogen-bond acceptors (Lipinski definition) is 2. The molecule has 0 radical (unpaired) electrons. The molecule has 102 valence electrons. The SMILES string of the molecule is CCCCNCc1ccc(OC(F)(F)F)c(Br)c1. The smallest absolute Gasteiger partial charge is 0.405 e. The Balaban J connectivity index is 2.56. The number of unbranched alkanes of at least 4 members (excludes halogenated alkanes) is 1. The minimum absolute atomic E-state index is 0.222. The van der Waals surface area contributed by atoms with Crippen LogP contribution in [-0.4, -0.2) is 12.9 Å². The zero-order valence-corrected chi connectivity index (χ0v) is 11.6. The van der Waals surface area contributed by atoms with Crippen molar-refractivity contribution in [3.8, 4) is 5.75 Å². The van der Waals surface area contributed by atoms with Gasteiger partial charge in [-0.2, -0.15) is 0 Å². The Morgan fingerprint density at radius 3 is 2.61 bits per heavy atom. The summed E-state index contributed by atoms with van der Waals surface area (Å²) in [6.45, 7) is 3.63. The van der Waals surface area contributed by atoms with Gasteiger partial charge in [0, 0.05) is 6.54 Å². The van der Waals surface area contributed by atoms with Crippen molar-refractivity contribution in [2.75, 3.05) is 6.54 Å². The van der Waals surface area contributed by atoms with E-state index in [1.54, 1.807) is 12.1 Å². The molecule has 0 aliphatic carbocycles. The molecular weight excluding hydrogens is 311 g/mol. The average Bonchev–Trinajstić information content (AvgIpc) is 2.26. The summed E-state index contributed by atoms with van der Waals surface area (Å²) in [5.41, 5.74) is 0.910. The molecule has 0 saturated carbocycles. The van der Waals surface area contributed by atoms with E-state index in [4.69, 9.17) is 0 Å². The second-order valence-corrected chi connectivity index (χ2v) is 4.70. The zero-order chi connectivity index (χ0) is 13.6. The molecule has 0 spiro atoms. The molecule has 0 amide bonds. The van der Waals surface area contributed by atoms with Gasteiger partial charge in [-0.3, -0.25) is 0 Å². The van der Waals surface area contributed by atoms with Crippen LogP contribution in [0.2, 0.25) is 0 Å². The second-order valence-electron chi connectivity index (χ2n) is 3.84. The predicted molar refractivity (Wildman–Crippen MR) is 67.4 cm³/mol. The number of nitrogens with one attached hydrogen (secondary N) is 1. The number of rotatable bonds is 6. The minimum Gasteiger partial charge on any atom is -0.405 e. The van der Waals surface area contributed by atoms with E-state index in [1.165, 1.54) is 6.07 Å². The minimum atomic E-state index is -4.66. The van der Waals surface area contributed by atoms with Crippen LogP contribution in [0.15, 0.2) is 22.7 Å². The van der Waals surface area contributed by atoms with Gasteiger partial charge in [0.05, 0.1) is 4.47 Å². The summed E-state index contributed by atoms with van der Waals surface area (Å²) in [5, 5.41) is 3.21. The van der Waals surface area contributed by atoms with Gasteiger partial charge < -0.3 is 10.1 Å². The van der Waals surface area contributed by atoms with Crippen LogP contribution in [0.3, 0.4) is 0 Å². The molecule has 0 aliphatic rings. The number of ether oxygens (including phenoxy) is 1. The van der Waals surface area contributed by atoms with Crippen LogP contribution in [0.25, 0.3) is 0 Å². The summed E-state index contributed by atoms with van der Waals surface area (Å²) in [4.78, 5) is 0. The van der Waals surface area contributed by atoms with Crippen LogP contribution in [0.4, 0.5) is 13.2 Å². The molecule has 0 fully saturated rings. The molecule has 1 aromatic carbocycles. The monoisotopic (exact) mass is 325 g/mol. The van der Waals surface area contributed by atoms with Gasteiger partial charge in [-0.1, -0.05) is 19.4 Å². The Kier molecular flexibility index (Phi) is 5.95. The van der Waals surface area contributed by atoms with Gasteiger partial charge >= 0.3 is 6.36 Å². The highest BCUT2D eigenvalue weighted by Crippen LogP contribution is 2.30. The van der Waals surface area contributed by atoms with Crippen molar-refractivity contribution in [2.45, 2.75) is 32.7 Å². The van der Waals surface area contributed by atoms with E-state index in [0.29, 0.717) is 11.0 Å². The molecule has 1 rings (SSSR count). The molecule has 0 unspecified atom stereocenters. The van der Waals surface area contributed by atoms with Gasteiger partial charge in [-0.15, -0.1) is 13.2 Å². The quantitative estimate of drug-likeness (QED) is 0.790. The van der Waals surface area contributed by atoms with Gasteiger partial charge in [0.25, 0.3) is 0 Å². The molecule has 2 nitrogen and oxygen atoms in total. The normalized spacial score (nSPS) is 11.6. The molecule has 1 N–H and O–H groups in total. The van der Waals surface area contributed by atoms with Crippen LogP contribution in [-0.2, 0) is 6.54 Å². The van der Waals surface area contributed by atoms with Gasteiger partial charge in [0.15, 0.2) is 0 Å². The van der Waals surface area contributed by atoms with Crippen molar-refractivity contribution in [3.63, 3.8) is 0 Å². The van der Waals surface area contributed by atoms with Crippen molar-refractivity contribution in [2.24, 2.45) is 0 Å². The lowest BCUT2D eigenvalue weighted by atomic mass is 10.2. The molecule has 0 bridgehead atoms. The first kappa shape index (κ1) is 15.3. The Morgan fingerprint density at radius 1 is 1.33 bits per heavy atom. The Morgan fingerprint density at radius 2 is 2.06 bits per heavy atom. The van der Waals surface area contributed by atoms with Gasteiger partial charge in [-0.05, 0) is 46.6 Å². The third-order valence-corrected chi connectivity index (χ3v) is 2.88. The number of halogens is 4. The summed E-state index contributed by atoms with van der Waals surface area (Å²) < 4.78 is 40.3. The molecule has 0 atom stereocenters. The van der Waals surface area contributed by atoms with Crippen molar-refractivity contribution in [1.82, 2.24) is 5.32 Å². The van der Waals surface area contributed by atoms with Gasteiger partial charge in [0.2, 0.25) is 0 Å². The first-order valence-corrected chi connectivity index (χ1v) is 6.46. The van der Waals surface area contributed by atoms with Crippen molar-refractivity contribution in [3.05, 3.63) is 28.2 Å². The molecule has 0 heterocycles. The molecule has 1 aromatic rings. The Hall–Kier alpha value is -0.750. The second kappa shape index (κ2) is 6.99. The summed E-state index contributed by atoms with van der Waals surface area (Å²) in [7, 11) is 0. The first-order chi connectivity index (χ1) is 8.42. The summed E-state index contributed by atoms with van der Waals surface area (Å²) >= 11 is 3.07. The van der Waals surface area contributed by atoms with Crippen LogP contribution in [0.1, 0.15) is 25.3 Å². The third-order valence-electron chi connectivity index (χ3n) is 2.26. The van der Waals surface area contributed by atoms with Crippen LogP contribution in [0, 0.1) is 0 Å². The molecule has 0 saturated heterocycles. The van der Waals surface area contributed by atoms with Gasteiger partial charge in [0.1, 0.15) is 5.75 Å². The maximum Gasteiger partial charge on any atom is 0.573 e. The fourth-order valence-electron chi connectivity index (χ4n) is 1.40. The van der Waals surface area contributed by atoms with E-state index in [2.05, 4.69) is 32.9 Å². The summed E-state index contributed by atoms with van der Waals surface area (Å²) in [5.74, 6) is -0.222. The van der Waals surface area contributed by atoms with E-state index >= 15 is 0 Å². The van der Waals surface area contributed by atoms with Crippen LogP contribution < -0.4 is 10.1 Å². The number of alkyl halides is 3. The van der Waals surface area contributed by atoms with E-state index in [9.17, 15) is 13.2 Å². The standard InChI is InChI=1S/C12H15BrF3NO/c1-2-3-6-17-8-9-4-5-11(10(13)7-9)18-12(14,15)16/h4-5,7,17H,2-3,6,8H2,1H3. The number of benzene rings is 1. The number of hydrogen-bond donors (Lipinski definition) is 1. The predicted octanol–water partition coefficient (Wildman–Crippen LogP) is 4.24. The Bertz CT molecular complexity index is 382. The van der Waals surface area contributed by atoms with Crippen molar-refractivity contribution >= 4 is 15.9 Å².